The molecule has 0 bridgehead atoms. The molecule has 0 heterocycles. The molecule has 0 atom stereocenters. The van der Waals surface area contributed by atoms with Gasteiger partial charge in [-0.2, -0.15) is 0 Å². The number of aliphatic imine (C=N–C) groups is 1. The van der Waals surface area contributed by atoms with Crippen LogP contribution in [-0.4, -0.2) is 26.7 Å². The van der Waals surface area contributed by atoms with Crippen LogP contribution in [0.3, 0.4) is 0 Å². The minimum atomic E-state index is 0.434. The highest BCUT2D eigenvalue weighted by molar-refractivity contribution is 5.77. The zero-order valence-electron chi connectivity index (χ0n) is 13.8. The molecule has 0 aromatic heterocycles. The Balaban J connectivity index is 1.90. The number of benzene rings is 1. The van der Waals surface area contributed by atoms with E-state index in [1.54, 1.807) is 14.2 Å². The summed E-state index contributed by atoms with van der Waals surface area (Å²) in [5.74, 6) is 1.94. The SMILES string of the molecule is CCC1(CNC(N)=NCc2ccc(OC)c(OC)c2)CCC1. The van der Waals surface area contributed by atoms with Gasteiger partial charge in [0.05, 0.1) is 20.8 Å². The predicted octanol–water partition coefficient (Wildman–Crippen LogP) is 2.69. The lowest BCUT2D eigenvalue weighted by molar-refractivity contribution is 0.131. The predicted molar refractivity (Wildman–Crippen MR) is 89.5 cm³/mol. The molecule has 0 amide bonds. The summed E-state index contributed by atoms with van der Waals surface area (Å²) >= 11 is 0. The first-order valence-corrected chi connectivity index (χ1v) is 7.87. The van der Waals surface area contributed by atoms with Crippen molar-refractivity contribution in [1.82, 2.24) is 5.32 Å². The van der Waals surface area contributed by atoms with Gasteiger partial charge in [0.25, 0.3) is 0 Å². The molecule has 0 saturated heterocycles. The summed E-state index contributed by atoms with van der Waals surface area (Å²) in [6, 6.07) is 5.78. The van der Waals surface area contributed by atoms with Gasteiger partial charge in [0.1, 0.15) is 0 Å². The molecule has 1 aromatic carbocycles. The lowest BCUT2D eigenvalue weighted by atomic mass is 9.67. The smallest absolute Gasteiger partial charge is 0.188 e. The zero-order valence-corrected chi connectivity index (χ0v) is 13.8. The van der Waals surface area contributed by atoms with Gasteiger partial charge in [0.15, 0.2) is 17.5 Å². The van der Waals surface area contributed by atoms with E-state index in [-0.39, 0.29) is 0 Å². The third-order valence-corrected chi connectivity index (χ3v) is 4.69. The molecular formula is C17H27N3O2. The summed E-state index contributed by atoms with van der Waals surface area (Å²) < 4.78 is 10.5. The third-order valence-electron chi connectivity index (χ3n) is 4.69. The minimum absolute atomic E-state index is 0.434. The van der Waals surface area contributed by atoms with Gasteiger partial charge in [-0.1, -0.05) is 19.4 Å². The molecule has 0 unspecified atom stereocenters. The molecule has 5 nitrogen and oxygen atoms in total. The number of hydrogen-bond donors (Lipinski definition) is 2. The lowest BCUT2D eigenvalue weighted by Gasteiger charge is -2.41. The minimum Gasteiger partial charge on any atom is -0.493 e. The first kappa shape index (κ1) is 16.5. The fourth-order valence-corrected chi connectivity index (χ4v) is 2.82. The average molecular weight is 305 g/mol. The molecule has 1 saturated carbocycles. The first-order valence-electron chi connectivity index (χ1n) is 7.87. The van der Waals surface area contributed by atoms with E-state index in [4.69, 9.17) is 15.2 Å². The van der Waals surface area contributed by atoms with Gasteiger partial charge in [0.2, 0.25) is 0 Å². The Morgan fingerprint density at radius 3 is 2.55 bits per heavy atom. The summed E-state index contributed by atoms with van der Waals surface area (Å²) in [5.41, 5.74) is 7.44. The molecule has 122 valence electrons. The van der Waals surface area contributed by atoms with E-state index in [1.807, 2.05) is 18.2 Å². The van der Waals surface area contributed by atoms with Crippen LogP contribution in [0.25, 0.3) is 0 Å². The van der Waals surface area contributed by atoms with Crippen molar-refractivity contribution in [3.05, 3.63) is 23.8 Å². The molecule has 1 aliphatic carbocycles. The van der Waals surface area contributed by atoms with E-state index in [0.717, 1.165) is 17.9 Å². The summed E-state index contributed by atoms with van der Waals surface area (Å²) in [4.78, 5) is 4.41. The van der Waals surface area contributed by atoms with Crippen molar-refractivity contribution < 1.29 is 9.47 Å². The molecule has 5 heteroatoms. The fourth-order valence-electron chi connectivity index (χ4n) is 2.82. The van der Waals surface area contributed by atoms with Crippen LogP contribution in [-0.2, 0) is 6.54 Å². The van der Waals surface area contributed by atoms with E-state index in [9.17, 15) is 0 Å². The van der Waals surface area contributed by atoms with Crippen molar-refractivity contribution in [3.8, 4) is 11.5 Å². The van der Waals surface area contributed by atoms with E-state index in [0.29, 0.717) is 23.7 Å². The maximum atomic E-state index is 5.97. The van der Waals surface area contributed by atoms with Crippen LogP contribution in [0.2, 0.25) is 0 Å². The van der Waals surface area contributed by atoms with Crippen molar-refractivity contribution in [2.45, 2.75) is 39.2 Å². The monoisotopic (exact) mass is 305 g/mol. The summed E-state index contributed by atoms with van der Waals surface area (Å²) in [6.07, 6.45) is 5.11. The number of methoxy groups -OCH3 is 2. The number of guanidine groups is 1. The standard InChI is InChI=1S/C17H27N3O2/c1-4-17(8-5-9-17)12-20-16(18)19-11-13-6-7-14(21-2)15(10-13)22-3/h6-7,10H,4-5,8-9,11-12H2,1-3H3,(H3,18,19,20). The molecule has 0 radical (unpaired) electrons. The second kappa shape index (κ2) is 7.38. The number of rotatable bonds is 7. The highest BCUT2D eigenvalue weighted by Crippen LogP contribution is 2.42. The highest BCUT2D eigenvalue weighted by Gasteiger charge is 2.34. The molecule has 0 aliphatic heterocycles. The van der Waals surface area contributed by atoms with Gasteiger partial charge in [-0.05, 0) is 42.4 Å². The van der Waals surface area contributed by atoms with Crippen molar-refractivity contribution in [1.29, 1.82) is 0 Å². The molecule has 2 rings (SSSR count). The van der Waals surface area contributed by atoms with Crippen LogP contribution in [0.5, 0.6) is 11.5 Å². The van der Waals surface area contributed by atoms with Gasteiger partial charge in [-0.25, -0.2) is 4.99 Å². The first-order chi connectivity index (χ1) is 10.6. The molecule has 1 aromatic rings. The molecule has 1 aliphatic rings. The second-order valence-electron chi connectivity index (χ2n) is 5.95. The second-order valence-corrected chi connectivity index (χ2v) is 5.95. The van der Waals surface area contributed by atoms with Gasteiger partial charge in [-0.3, -0.25) is 0 Å². The summed E-state index contributed by atoms with van der Waals surface area (Å²) in [6.45, 7) is 3.70. The molecule has 3 N–H and O–H groups in total. The van der Waals surface area contributed by atoms with Crippen molar-refractivity contribution in [3.63, 3.8) is 0 Å². The van der Waals surface area contributed by atoms with Crippen molar-refractivity contribution in [2.24, 2.45) is 16.1 Å². The maximum absolute atomic E-state index is 5.97. The Morgan fingerprint density at radius 1 is 1.27 bits per heavy atom. The van der Waals surface area contributed by atoms with Gasteiger partial charge in [0, 0.05) is 6.54 Å². The molecule has 22 heavy (non-hydrogen) atoms. The number of nitrogens with one attached hydrogen (secondary N) is 1. The van der Waals surface area contributed by atoms with Gasteiger partial charge < -0.3 is 20.5 Å². The van der Waals surface area contributed by atoms with Gasteiger partial charge >= 0.3 is 0 Å². The zero-order chi connectivity index (χ0) is 16.0. The Hall–Kier alpha value is -1.91. The Morgan fingerprint density at radius 2 is 2.00 bits per heavy atom. The summed E-state index contributed by atoms with van der Waals surface area (Å²) in [7, 11) is 3.26. The Kier molecular flexibility index (Phi) is 5.52. The van der Waals surface area contributed by atoms with Crippen LogP contribution in [0.1, 0.15) is 38.2 Å². The number of nitrogens with zero attached hydrogens (tertiary/aromatic N) is 1. The molecule has 0 spiro atoms. The van der Waals surface area contributed by atoms with Crippen LogP contribution in [0, 0.1) is 5.41 Å². The van der Waals surface area contributed by atoms with E-state index < -0.39 is 0 Å². The van der Waals surface area contributed by atoms with Crippen molar-refractivity contribution in [2.75, 3.05) is 20.8 Å². The number of nitrogens with two attached hydrogens (primary N) is 1. The van der Waals surface area contributed by atoms with E-state index in [1.165, 1.54) is 25.7 Å². The van der Waals surface area contributed by atoms with Crippen LogP contribution in [0.4, 0.5) is 0 Å². The normalized spacial score (nSPS) is 16.8. The quantitative estimate of drug-likeness (QED) is 0.600. The van der Waals surface area contributed by atoms with E-state index in [2.05, 4.69) is 17.2 Å². The highest BCUT2D eigenvalue weighted by atomic mass is 16.5. The molecular weight excluding hydrogens is 278 g/mol. The largest absolute Gasteiger partial charge is 0.493 e. The third kappa shape index (κ3) is 3.84. The maximum Gasteiger partial charge on any atom is 0.188 e. The Bertz CT molecular complexity index is 519. The van der Waals surface area contributed by atoms with E-state index >= 15 is 0 Å². The van der Waals surface area contributed by atoms with Crippen LogP contribution < -0.4 is 20.5 Å². The number of ether oxygens (including phenoxy) is 2. The van der Waals surface area contributed by atoms with Crippen LogP contribution >= 0.6 is 0 Å². The number of hydrogen-bond acceptors (Lipinski definition) is 3. The summed E-state index contributed by atoms with van der Waals surface area (Å²) in [5, 5.41) is 3.27. The lowest BCUT2D eigenvalue weighted by Crippen LogP contribution is -2.44. The van der Waals surface area contributed by atoms with Crippen molar-refractivity contribution >= 4 is 5.96 Å². The molecule has 1 fully saturated rings. The fraction of sp³-hybridized carbons (Fsp3) is 0.588. The average Bonchev–Trinajstić information content (AvgIpc) is 2.52. The Labute approximate surface area is 132 Å². The topological polar surface area (TPSA) is 68.9 Å². The van der Waals surface area contributed by atoms with Gasteiger partial charge in [-0.15, -0.1) is 0 Å². The van der Waals surface area contributed by atoms with Crippen LogP contribution in [0.15, 0.2) is 23.2 Å².